The lowest BCUT2D eigenvalue weighted by molar-refractivity contribution is 0.174. The molecule has 0 atom stereocenters. The lowest BCUT2D eigenvalue weighted by Crippen LogP contribution is -1.95. The maximum Gasteiger partial charge on any atom is 0.231 e. The van der Waals surface area contributed by atoms with Gasteiger partial charge in [0.15, 0.2) is 23.0 Å². The van der Waals surface area contributed by atoms with Crippen LogP contribution in [0.5, 0.6) is 28.7 Å². The van der Waals surface area contributed by atoms with Gasteiger partial charge < -0.3 is 23.7 Å². The maximum absolute atomic E-state index is 5.42. The molecule has 0 bridgehead atoms. The lowest BCUT2D eigenvalue weighted by atomic mass is 10.1. The molecule has 1 aliphatic heterocycles. The molecule has 2 aromatic carbocycles. The Balaban J connectivity index is 2.06. The number of rotatable bonds is 4. The predicted octanol–water partition coefficient (Wildman–Crippen LogP) is 3.48. The summed E-state index contributed by atoms with van der Waals surface area (Å²) < 4.78 is 26.8. The van der Waals surface area contributed by atoms with Crippen LogP contribution in [0.4, 0.5) is 0 Å². The van der Waals surface area contributed by atoms with Gasteiger partial charge >= 0.3 is 0 Å². The van der Waals surface area contributed by atoms with Crippen molar-refractivity contribution < 1.29 is 23.7 Å². The van der Waals surface area contributed by atoms with Gasteiger partial charge in [-0.25, -0.2) is 0 Å². The van der Waals surface area contributed by atoms with Gasteiger partial charge in [0.25, 0.3) is 0 Å². The topological polar surface area (TPSA) is 46.2 Å². The highest BCUT2D eigenvalue weighted by molar-refractivity contribution is 5.66. The summed E-state index contributed by atoms with van der Waals surface area (Å²) in [5.74, 6) is 9.40. The quantitative estimate of drug-likeness (QED) is 0.799. The van der Waals surface area contributed by atoms with Gasteiger partial charge in [-0.05, 0) is 11.6 Å². The Hall–Kier alpha value is -3.26. The van der Waals surface area contributed by atoms with E-state index in [1.165, 1.54) is 0 Å². The number of hydrogen-bond acceptors (Lipinski definition) is 5. The maximum atomic E-state index is 5.42. The van der Waals surface area contributed by atoms with Crippen LogP contribution in [0.1, 0.15) is 16.7 Å². The van der Waals surface area contributed by atoms with Crippen molar-refractivity contribution in [1.29, 1.82) is 0 Å². The first kappa shape index (κ1) is 16.6. The molecule has 0 spiro atoms. The molecule has 0 saturated carbocycles. The Bertz CT molecular complexity index is 874. The van der Waals surface area contributed by atoms with Crippen molar-refractivity contribution in [2.45, 2.75) is 0 Å². The summed E-state index contributed by atoms with van der Waals surface area (Å²) >= 11 is 0. The molecule has 0 saturated heterocycles. The molecule has 3 rings (SSSR count). The molecule has 1 heterocycles. The first-order chi connectivity index (χ1) is 12.2. The van der Waals surface area contributed by atoms with Gasteiger partial charge in [0.2, 0.25) is 6.79 Å². The summed E-state index contributed by atoms with van der Waals surface area (Å²) in [4.78, 5) is 0. The number of benzene rings is 2. The zero-order chi connectivity index (χ0) is 17.8. The van der Waals surface area contributed by atoms with Gasteiger partial charge in [-0.3, -0.25) is 0 Å². The Labute approximate surface area is 146 Å². The van der Waals surface area contributed by atoms with E-state index in [9.17, 15) is 0 Å². The van der Waals surface area contributed by atoms with E-state index < -0.39 is 0 Å². The molecular formula is C20H18O5. The molecular weight excluding hydrogens is 320 g/mol. The second-order valence-corrected chi connectivity index (χ2v) is 5.15. The van der Waals surface area contributed by atoms with Crippen LogP contribution in [0.3, 0.4) is 0 Å². The standard InChI is InChI=1S/C20H18O5/c1-5-13-8-19-20(25-12-24-19)9-14(13)6-7-15-10-17(22-3)18(23-4)11-16(15)21-2/h5,8-11H,1,12H2,2-4H3. The van der Waals surface area contributed by atoms with Crippen LogP contribution < -0.4 is 23.7 Å². The Kier molecular flexibility index (Phi) is 4.71. The zero-order valence-corrected chi connectivity index (χ0v) is 14.3. The molecule has 0 amide bonds. The number of methoxy groups -OCH3 is 3. The van der Waals surface area contributed by atoms with Crippen LogP contribution in [-0.4, -0.2) is 28.1 Å². The van der Waals surface area contributed by atoms with Crippen molar-refractivity contribution in [2.75, 3.05) is 28.1 Å². The average Bonchev–Trinajstić information content (AvgIpc) is 3.11. The summed E-state index contributed by atoms with van der Waals surface area (Å²) in [5, 5.41) is 0. The number of ether oxygens (including phenoxy) is 5. The van der Waals surface area contributed by atoms with Crippen LogP contribution >= 0.6 is 0 Å². The van der Waals surface area contributed by atoms with E-state index in [-0.39, 0.29) is 6.79 Å². The summed E-state index contributed by atoms with van der Waals surface area (Å²) in [6.45, 7) is 4.05. The van der Waals surface area contributed by atoms with Gasteiger partial charge in [0.05, 0.1) is 26.9 Å². The minimum absolute atomic E-state index is 0.215. The van der Waals surface area contributed by atoms with E-state index in [0.717, 1.165) is 11.1 Å². The first-order valence-corrected chi connectivity index (χ1v) is 7.58. The molecule has 128 valence electrons. The summed E-state index contributed by atoms with van der Waals surface area (Å²) in [6, 6.07) is 7.24. The van der Waals surface area contributed by atoms with Gasteiger partial charge in [0.1, 0.15) is 5.75 Å². The normalized spacial score (nSPS) is 11.3. The fraction of sp³-hybridized carbons (Fsp3) is 0.200. The largest absolute Gasteiger partial charge is 0.495 e. The van der Waals surface area contributed by atoms with Crippen molar-refractivity contribution in [3.63, 3.8) is 0 Å². The predicted molar refractivity (Wildman–Crippen MR) is 94.7 cm³/mol. The second kappa shape index (κ2) is 7.10. The van der Waals surface area contributed by atoms with E-state index in [4.69, 9.17) is 23.7 Å². The molecule has 0 N–H and O–H groups in total. The van der Waals surface area contributed by atoms with E-state index >= 15 is 0 Å². The smallest absolute Gasteiger partial charge is 0.231 e. The molecule has 0 aromatic heterocycles. The molecule has 0 fully saturated rings. The molecule has 0 aliphatic carbocycles. The number of fused-ring (bicyclic) bond motifs is 1. The van der Waals surface area contributed by atoms with Gasteiger partial charge in [-0.2, -0.15) is 0 Å². The zero-order valence-electron chi connectivity index (χ0n) is 14.3. The molecule has 0 unspecified atom stereocenters. The lowest BCUT2D eigenvalue weighted by Gasteiger charge is -2.11. The monoisotopic (exact) mass is 338 g/mol. The fourth-order valence-electron chi connectivity index (χ4n) is 2.50. The molecule has 5 nitrogen and oxygen atoms in total. The van der Waals surface area contributed by atoms with Crippen LogP contribution in [0.2, 0.25) is 0 Å². The van der Waals surface area contributed by atoms with E-state index in [1.807, 2.05) is 12.1 Å². The van der Waals surface area contributed by atoms with E-state index in [2.05, 4.69) is 18.4 Å². The van der Waals surface area contributed by atoms with Gasteiger partial charge in [-0.1, -0.05) is 24.5 Å². The molecule has 25 heavy (non-hydrogen) atoms. The van der Waals surface area contributed by atoms with Gasteiger partial charge in [0, 0.05) is 23.8 Å². The van der Waals surface area contributed by atoms with Crippen LogP contribution in [0, 0.1) is 11.8 Å². The van der Waals surface area contributed by atoms with Crippen molar-refractivity contribution in [3.05, 3.63) is 47.5 Å². The van der Waals surface area contributed by atoms with Crippen LogP contribution in [-0.2, 0) is 0 Å². The van der Waals surface area contributed by atoms with Crippen molar-refractivity contribution in [3.8, 4) is 40.6 Å². The van der Waals surface area contributed by atoms with E-state index in [0.29, 0.717) is 34.3 Å². The van der Waals surface area contributed by atoms with Crippen molar-refractivity contribution in [1.82, 2.24) is 0 Å². The molecule has 0 radical (unpaired) electrons. The first-order valence-electron chi connectivity index (χ1n) is 7.58. The third-order valence-corrected chi connectivity index (χ3v) is 3.80. The van der Waals surface area contributed by atoms with Gasteiger partial charge in [-0.15, -0.1) is 0 Å². The van der Waals surface area contributed by atoms with Crippen molar-refractivity contribution in [2.24, 2.45) is 0 Å². The summed E-state index contributed by atoms with van der Waals surface area (Å²) in [6.07, 6.45) is 1.73. The molecule has 2 aromatic rings. The summed E-state index contributed by atoms with van der Waals surface area (Å²) in [7, 11) is 4.74. The highest BCUT2D eigenvalue weighted by Gasteiger charge is 2.15. The minimum atomic E-state index is 0.215. The van der Waals surface area contributed by atoms with Crippen LogP contribution in [0.15, 0.2) is 30.8 Å². The Morgan fingerprint density at radius 1 is 0.840 bits per heavy atom. The molecule has 1 aliphatic rings. The average molecular weight is 338 g/mol. The third-order valence-electron chi connectivity index (χ3n) is 3.80. The molecule has 5 heteroatoms. The third kappa shape index (κ3) is 3.20. The Morgan fingerprint density at radius 3 is 2.08 bits per heavy atom. The SMILES string of the molecule is C=Cc1cc2c(cc1C#Cc1cc(OC)c(OC)cc1OC)OCO2. The minimum Gasteiger partial charge on any atom is -0.495 e. The van der Waals surface area contributed by atoms with Crippen molar-refractivity contribution >= 4 is 6.08 Å². The highest BCUT2D eigenvalue weighted by Crippen LogP contribution is 2.36. The van der Waals surface area contributed by atoms with Crippen LogP contribution in [0.25, 0.3) is 6.08 Å². The fourth-order valence-corrected chi connectivity index (χ4v) is 2.50. The second-order valence-electron chi connectivity index (χ2n) is 5.15. The highest BCUT2D eigenvalue weighted by atomic mass is 16.7. The number of hydrogen-bond donors (Lipinski definition) is 0. The van der Waals surface area contributed by atoms with E-state index in [1.54, 1.807) is 39.5 Å². The Morgan fingerprint density at radius 2 is 1.44 bits per heavy atom. The summed E-state index contributed by atoms with van der Waals surface area (Å²) in [5.41, 5.74) is 2.35.